The van der Waals surface area contributed by atoms with Crippen LogP contribution in [-0.4, -0.2) is 31.0 Å². The number of carbonyl (C=O) groups is 1. The summed E-state index contributed by atoms with van der Waals surface area (Å²) in [6.45, 7) is 0.215. The number of nitrogens with zero attached hydrogens (tertiary/aromatic N) is 2. The Morgan fingerprint density at radius 2 is 2.16 bits per heavy atom. The molecule has 0 fully saturated rings. The van der Waals surface area contributed by atoms with E-state index in [0.717, 1.165) is 0 Å². The number of ether oxygens (including phenoxy) is 1. The van der Waals surface area contributed by atoms with E-state index in [4.69, 9.17) is 33.2 Å². The van der Waals surface area contributed by atoms with Crippen molar-refractivity contribution in [2.45, 2.75) is 6.42 Å². The normalized spacial score (nSPS) is 9.84. The zero-order chi connectivity index (χ0) is 14.4. The topological polar surface area (TPSA) is 53.3 Å². The minimum absolute atomic E-state index is 0.153. The summed E-state index contributed by atoms with van der Waals surface area (Å²) in [7, 11) is 1.61. The standard InChI is InChI=1S/C12H11BrCl2N2O2/c1-17(4-2-3-16)12(18)7-19-11-6-9(14)8(13)5-10(11)15/h5-6H,2,4,7H2,1H3. The van der Waals surface area contributed by atoms with E-state index in [1.165, 1.54) is 11.0 Å². The highest BCUT2D eigenvalue weighted by atomic mass is 79.9. The third kappa shape index (κ3) is 4.90. The summed E-state index contributed by atoms with van der Waals surface area (Å²) in [6, 6.07) is 5.11. The first kappa shape index (κ1) is 16.1. The fourth-order valence-corrected chi connectivity index (χ4v) is 2.05. The Bertz CT molecular complexity index is 517. The first-order valence-electron chi connectivity index (χ1n) is 5.34. The molecule has 0 aliphatic rings. The second-order valence-corrected chi connectivity index (χ2v) is 5.38. The van der Waals surface area contributed by atoms with E-state index in [9.17, 15) is 4.79 Å². The van der Waals surface area contributed by atoms with Gasteiger partial charge in [0.2, 0.25) is 0 Å². The van der Waals surface area contributed by atoms with Crippen molar-refractivity contribution < 1.29 is 9.53 Å². The molecule has 19 heavy (non-hydrogen) atoms. The lowest BCUT2D eigenvalue weighted by Crippen LogP contribution is -2.32. The first-order valence-corrected chi connectivity index (χ1v) is 6.89. The molecular formula is C12H11BrCl2N2O2. The van der Waals surface area contributed by atoms with Crippen LogP contribution in [0.3, 0.4) is 0 Å². The third-order valence-electron chi connectivity index (χ3n) is 2.31. The minimum Gasteiger partial charge on any atom is -0.482 e. The molecule has 0 radical (unpaired) electrons. The van der Waals surface area contributed by atoms with Gasteiger partial charge in [0.05, 0.1) is 22.5 Å². The summed E-state index contributed by atoms with van der Waals surface area (Å²) in [5.74, 6) is 0.113. The molecule has 0 aromatic heterocycles. The van der Waals surface area contributed by atoms with Gasteiger partial charge in [0.15, 0.2) is 6.61 Å². The fraction of sp³-hybridized carbons (Fsp3) is 0.333. The number of likely N-dealkylation sites (N-methyl/N-ethyl adjacent to an activating group) is 1. The summed E-state index contributed by atoms with van der Waals surface area (Å²) >= 11 is 15.1. The highest BCUT2D eigenvalue weighted by Gasteiger charge is 2.12. The number of amides is 1. The second kappa shape index (κ2) is 7.59. The maximum absolute atomic E-state index is 11.7. The van der Waals surface area contributed by atoms with Gasteiger partial charge in [0.25, 0.3) is 5.91 Å². The predicted molar refractivity (Wildman–Crippen MR) is 77.5 cm³/mol. The molecule has 0 atom stereocenters. The van der Waals surface area contributed by atoms with Gasteiger partial charge in [0.1, 0.15) is 5.75 Å². The van der Waals surface area contributed by atoms with Crippen LogP contribution in [0, 0.1) is 11.3 Å². The quantitative estimate of drug-likeness (QED) is 0.750. The van der Waals surface area contributed by atoms with Crippen molar-refractivity contribution in [1.29, 1.82) is 5.26 Å². The average molecular weight is 366 g/mol. The van der Waals surface area contributed by atoms with Crippen molar-refractivity contribution >= 4 is 45.0 Å². The van der Waals surface area contributed by atoms with Gasteiger partial charge in [-0.3, -0.25) is 4.79 Å². The number of hydrogen-bond donors (Lipinski definition) is 0. The van der Waals surface area contributed by atoms with Crippen LogP contribution >= 0.6 is 39.1 Å². The number of carbonyl (C=O) groups excluding carboxylic acids is 1. The van der Waals surface area contributed by atoms with Crippen molar-refractivity contribution in [2.75, 3.05) is 20.2 Å². The first-order chi connectivity index (χ1) is 8.95. The van der Waals surface area contributed by atoms with Crippen LogP contribution in [0.25, 0.3) is 0 Å². The van der Waals surface area contributed by atoms with Gasteiger partial charge in [-0.1, -0.05) is 23.2 Å². The van der Waals surface area contributed by atoms with E-state index in [-0.39, 0.29) is 18.9 Å². The van der Waals surface area contributed by atoms with Gasteiger partial charge in [-0.15, -0.1) is 0 Å². The molecular weight excluding hydrogens is 355 g/mol. The van der Waals surface area contributed by atoms with Crippen LogP contribution in [0.5, 0.6) is 5.75 Å². The molecule has 1 amide bonds. The van der Waals surface area contributed by atoms with Gasteiger partial charge in [-0.2, -0.15) is 5.26 Å². The van der Waals surface area contributed by atoms with Gasteiger partial charge in [-0.25, -0.2) is 0 Å². The molecule has 1 aromatic rings. The molecule has 4 nitrogen and oxygen atoms in total. The molecule has 7 heteroatoms. The van der Waals surface area contributed by atoms with Crippen LogP contribution in [0.15, 0.2) is 16.6 Å². The molecule has 0 heterocycles. The van der Waals surface area contributed by atoms with Crippen LogP contribution in [0.4, 0.5) is 0 Å². The molecule has 0 bridgehead atoms. The molecule has 0 saturated carbocycles. The van der Waals surface area contributed by atoms with Crippen molar-refractivity contribution in [3.63, 3.8) is 0 Å². The van der Waals surface area contributed by atoms with Crippen molar-refractivity contribution in [3.05, 3.63) is 26.7 Å². The number of halogens is 3. The largest absolute Gasteiger partial charge is 0.482 e. The van der Waals surface area contributed by atoms with Crippen LogP contribution in [-0.2, 0) is 4.79 Å². The Kier molecular flexibility index (Phi) is 6.43. The molecule has 0 unspecified atom stereocenters. The van der Waals surface area contributed by atoms with E-state index in [2.05, 4.69) is 15.9 Å². The molecule has 0 spiro atoms. The summed E-state index contributed by atoms with van der Waals surface area (Å²) < 4.78 is 5.98. The van der Waals surface area contributed by atoms with Crippen molar-refractivity contribution in [2.24, 2.45) is 0 Å². The molecule has 1 aromatic carbocycles. The summed E-state index contributed by atoms with van der Waals surface area (Å²) in [4.78, 5) is 13.1. The Morgan fingerprint density at radius 1 is 1.47 bits per heavy atom. The van der Waals surface area contributed by atoms with Gasteiger partial charge in [0, 0.05) is 24.1 Å². The smallest absolute Gasteiger partial charge is 0.260 e. The van der Waals surface area contributed by atoms with Gasteiger partial charge in [-0.05, 0) is 22.0 Å². The number of nitriles is 1. The predicted octanol–water partition coefficient (Wildman–Crippen LogP) is 3.51. The maximum Gasteiger partial charge on any atom is 0.260 e. The zero-order valence-corrected chi connectivity index (χ0v) is 13.2. The Hall–Kier alpha value is -0.960. The highest BCUT2D eigenvalue weighted by Crippen LogP contribution is 2.33. The van der Waals surface area contributed by atoms with Crippen molar-refractivity contribution in [1.82, 2.24) is 4.90 Å². The van der Waals surface area contributed by atoms with Gasteiger partial charge >= 0.3 is 0 Å². The Balaban J connectivity index is 2.60. The van der Waals surface area contributed by atoms with Crippen molar-refractivity contribution in [3.8, 4) is 11.8 Å². The third-order valence-corrected chi connectivity index (χ3v) is 3.80. The van der Waals surface area contributed by atoms with E-state index in [1.54, 1.807) is 13.1 Å². The SMILES string of the molecule is CN(CCC#N)C(=O)COc1cc(Cl)c(Br)cc1Cl. The Morgan fingerprint density at radius 3 is 2.79 bits per heavy atom. The van der Waals surface area contributed by atoms with E-state index >= 15 is 0 Å². The van der Waals surface area contributed by atoms with E-state index in [0.29, 0.717) is 26.8 Å². The fourth-order valence-electron chi connectivity index (χ4n) is 1.21. The zero-order valence-electron chi connectivity index (χ0n) is 10.1. The van der Waals surface area contributed by atoms with Crippen LogP contribution in [0.1, 0.15) is 6.42 Å². The molecule has 1 rings (SSSR count). The summed E-state index contributed by atoms with van der Waals surface area (Å²) in [5, 5.41) is 9.26. The highest BCUT2D eigenvalue weighted by molar-refractivity contribution is 9.10. The number of hydrogen-bond acceptors (Lipinski definition) is 3. The second-order valence-electron chi connectivity index (χ2n) is 3.71. The summed E-state index contributed by atoms with van der Waals surface area (Å²) in [5.41, 5.74) is 0. The molecule has 102 valence electrons. The van der Waals surface area contributed by atoms with Gasteiger partial charge < -0.3 is 9.64 Å². The lowest BCUT2D eigenvalue weighted by molar-refractivity contribution is -0.131. The van der Waals surface area contributed by atoms with Crippen LogP contribution in [0.2, 0.25) is 10.0 Å². The lowest BCUT2D eigenvalue weighted by atomic mass is 10.3. The molecule has 0 aliphatic heterocycles. The number of rotatable bonds is 5. The maximum atomic E-state index is 11.7. The van der Waals surface area contributed by atoms with E-state index in [1.807, 2.05) is 6.07 Å². The average Bonchev–Trinajstić information content (AvgIpc) is 2.38. The molecule has 0 N–H and O–H groups in total. The van der Waals surface area contributed by atoms with E-state index < -0.39 is 0 Å². The lowest BCUT2D eigenvalue weighted by Gasteiger charge is -2.16. The minimum atomic E-state index is -0.231. The monoisotopic (exact) mass is 364 g/mol. The number of benzene rings is 1. The molecule has 0 saturated heterocycles. The summed E-state index contributed by atoms with van der Waals surface area (Å²) in [6.07, 6.45) is 0.285. The Labute approximate surface area is 130 Å². The van der Waals surface area contributed by atoms with Crippen LogP contribution < -0.4 is 4.74 Å². The molecule has 0 aliphatic carbocycles.